The predicted molar refractivity (Wildman–Crippen MR) is 71.7 cm³/mol. The van der Waals surface area contributed by atoms with Crippen molar-refractivity contribution in [3.05, 3.63) is 24.0 Å². The first-order chi connectivity index (χ1) is 8.74. The summed E-state index contributed by atoms with van der Waals surface area (Å²) in [4.78, 5) is 22.5. The van der Waals surface area contributed by atoms with Gasteiger partial charge in [0.05, 0.1) is 5.69 Å². The van der Waals surface area contributed by atoms with E-state index in [1.165, 1.54) is 6.07 Å². The minimum atomic E-state index is -2.32. The van der Waals surface area contributed by atoms with Gasteiger partial charge in [0.15, 0.2) is 5.75 Å². The lowest BCUT2D eigenvalue weighted by atomic mass is 10.3. The summed E-state index contributed by atoms with van der Waals surface area (Å²) in [7, 11) is 0. The maximum Gasteiger partial charge on any atom is 0.364 e. The largest absolute Gasteiger partial charge is 0.421 e. The lowest BCUT2D eigenvalue weighted by Crippen LogP contribution is -2.25. The molecule has 0 bridgehead atoms. The van der Waals surface area contributed by atoms with Gasteiger partial charge in [-0.05, 0) is 12.1 Å². The van der Waals surface area contributed by atoms with Gasteiger partial charge in [-0.1, -0.05) is 34.8 Å². The summed E-state index contributed by atoms with van der Waals surface area (Å²) in [6.07, 6.45) is 0. The van der Waals surface area contributed by atoms with Gasteiger partial charge in [-0.25, -0.2) is 9.18 Å². The average Bonchev–Trinajstić information content (AvgIpc) is 2.31. The van der Waals surface area contributed by atoms with E-state index in [1.807, 2.05) is 0 Å². The van der Waals surface area contributed by atoms with E-state index in [4.69, 9.17) is 51.1 Å². The Balaban J connectivity index is 3.01. The summed E-state index contributed by atoms with van der Waals surface area (Å²) >= 11 is 21.2. The Morgan fingerprint density at radius 3 is 2.47 bits per heavy atom. The molecule has 0 spiro atoms. The monoisotopic (exact) mass is 347 g/mol. The Kier molecular flexibility index (Phi) is 5.67. The third-order valence-electron chi connectivity index (χ3n) is 1.77. The zero-order valence-electron chi connectivity index (χ0n) is 9.05. The molecule has 19 heavy (non-hydrogen) atoms. The van der Waals surface area contributed by atoms with Gasteiger partial charge in [0.25, 0.3) is 3.79 Å². The highest BCUT2D eigenvalue weighted by Gasteiger charge is 2.33. The molecular formula is C10H6Cl4FNO3. The van der Waals surface area contributed by atoms with Crippen molar-refractivity contribution in [3.63, 3.8) is 0 Å². The minimum absolute atomic E-state index is 0.0228. The number of anilines is 1. The van der Waals surface area contributed by atoms with Crippen LogP contribution in [0.1, 0.15) is 0 Å². The van der Waals surface area contributed by atoms with Crippen molar-refractivity contribution in [3.8, 4) is 5.75 Å². The molecule has 0 fully saturated rings. The van der Waals surface area contributed by atoms with Crippen LogP contribution in [0, 0.1) is 5.82 Å². The molecule has 1 amide bonds. The Morgan fingerprint density at radius 1 is 1.32 bits per heavy atom. The fourth-order valence-corrected chi connectivity index (χ4v) is 1.21. The number of nitrogens with one attached hydrogen (secondary N) is 1. The molecule has 4 nitrogen and oxygen atoms in total. The number of amides is 1. The fourth-order valence-electron chi connectivity index (χ4n) is 1.03. The Bertz CT molecular complexity index is 504. The Labute approximate surface area is 127 Å². The van der Waals surface area contributed by atoms with Crippen molar-refractivity contribution in [2.45, 2.75) is 3.79 Å². The lowest BCUT2D eigenvalue weighted by Gasteiger charge is -2.13. The number of benzene rings is 1. The number of carbonyl (C=O) groups excluding carboxylic acids is 2. The predicted octanol–water partition coefficient (Wildman–Crippen LogP) is 3.28. The van der Waals surface area contributed by atoms with E-state index in [-0.39, 0.29) is 17.3 Å². The zero-order valence-corrected chi connectivity index (χ0v) is 12.1. The molecule has 0 saturated carbocycles. The van der Waals surface area contributed by atoms with E-state index in [0.717, 1.165) is 12.1 Å². The Hall–Kier alpha value is -0.750. The first-order valence-corrected chi connectivity index (χ1v) is 6.35. The van der Waals surface area contributed by atoms with E-state index in [0.29, 0.717) is 0 Å². The van der Waals surface area contributed by atoms with Crippen molar-refractivity contribution in [2.75, 3.05) is 11.2 Å². The summed E-state index contributed by atoms with van der Waals surface area (Å²) in [6.45, 7) is 0. The standard InChI is InChI=1S/C10H6Cl4FNO3/c11-4-8(17)16-6-2-1-5(15)3-7(6)19-9(18)10(12,13)14/h1-3H,4H2,(H,16,17). The van der Waals surface area contributed by atoms with Gasteiger partial charge >= 0.3 is 5.97 Å². The lowest BCUT2D eigenvalue weighted by molar-refractivity contribution is -0.133. The smallest absolute Gasteiger partial charge is 0.364 e. The van der Waals surface area contributed by atoms with Crippen molar-refractivity contribution in [2.24, 2.45) is 0 Å². The quantitative estimate of drug-likeness (QED) is 0.518. The Morgan fingerprint density at radius 2 is 1.95 bits per heavy atom. The summed E-state index contributed by atoms with van der Waals surface area (Å²) < 4.78 is 15.5. The summed E-state index contributed by atoms with van der Waals surface area (Å²) in [5, 5.41) is 2.30. The minimum Gasteiger partial charge on any atom is -0.421 e. The molecule has 104 valence electrons. The van der Waals surface area contributed by atoms with Crippen LogP contribution in [-0.2, 0) is 9.59 Å². The van der Waals surface area contributed by atoms with E-state index in [1.54, 1.807) is 0 Å². The van der Waals surface area contributed by atoms with Gasteiger partial charge in [-0.15, -0.1) is 11.6 Å². The molecule has 0 saturated heterocycles. The third kappa shape index (κ3) is 5.03. The van der Waals surface area contributed by atoms with E-state index in [2.05, 4.69) is 5.32 Å². The maximum atomic E-state index is 13.1. The fraction of sp³-hybridized carbons (Fsp3) is 0.200. The molecule has 9 heteroatoms. The molecule has 0 aliphatic carbocycles. The normalized spacial score (nSPS) is 11.0. The first-order valence-electron chi connectivity index (χ1n) is 4.68. The number of hydrogen-bond donors (Lipinski definition) is 1. The second-order valence-electron chi connectivity index (χ2n) is 3.21. The van der Waals surface area contributed by atoms with Crippen LogP contribution in [0.3, 0.4) is 0 Å². The van der Waals surface area contributed by atoms with Crippen LogP contribution in [0.15, 0.2) is 18.2 Å². The van der Waals surface area contributed by atoms with Crippen LogP contribution in [0.2, 0.25) is 0 Å². The van der Waals surface area contributed by atoms with Crippen LogP contribution in [-0.4, -0.2) is 21.5 Å². The van der Waals surface area contributed by atoms with Crippen molar-refractivity contribution in [1.82, 2.24) is 0 Å². The summed E-state index contributed by atoms with van der Waals surface area (Å²) in [6, 6.07) is 3.09. The van der Waals surface area contributed by atoms with Gasteiger partial charge in [-0.3, -0.25) is 4.79 Å². The molecule has 1 rings (SSSR count). The second-order valence-corrected chi connectivity index (χ2v) is 5.76. The van der Waals surface area contributed by atoms with Crippen LogP contribution in [0.5, 0.6) is 5.75 Å². The van der Waals surface area contributed by atoms with Crippen LogP contribution in [0.4, 0.5) is 10.1 Å². The van der Waals surface area contributed by atoms with Crippen LogP contribution >= 0.6 is 46.4 Å². The van der Waals surface area contributed by atoms with E-state index >= 15 is 0 Å². The molecule has 0 aliphatic rings. The van der Waals surface area contributed by atoms with Gasteiger partial charge in [0, 0.05) is 6.07 Å². The molecule has 1 aromatic carbocycles. The number of alkyl halides is 4. The van der Waals surface area contributed by atoms with E-state index in [9.17, 15) is 14.0 Å². The van der Waals surface area contributed by atoms with Gasteiger partial charge in [0.1, 0.15) is 11.7 Å². The van der Waals surface area contributed by atoms with Crippen LogP contribution < -0.4 is 10.1 Å². The number of hydrogen-bond acceptors (Lipinski definition) is 3. The summed E-state index contributed by atoms with van der Waals surface area (Å²) in [5.41, 5.74) is 0.0228. The molecule has 1 aromatic rings. The van der Waals surface area contributed by atoms with Crippen LogP contribution in [0.25, 0.3) is 0 Å². The number of rotatable bonds is 3. The van der Waals surface area contributed by atoms with Gasteiger partial charge in [-0.2, -0.15) is 0 Å². The van der Waals surface area contributed by atoms with Crippen molar-refractivity contribution < 1.29 is 18.7 Å². The molecule has 0 unspecified atom stereocenters. The molecule has 0 aromatic heterocycles. The molecule has 0 atom stereocenters. The summed E-state index contributed by atoms with van der Waals surface area (Å²) in [5.74, 6) is -3.12. The maximum absolute atomic E-state index is 13.1. The van der Waals surface area contributed by atoms with Crippen molar-refractivity contribution in [1.29, 1.82) is 0 Å². The zero-order chi connectivity index (χ0) is 14.6. The first kappa shape index (κ1) is 16.3. The topological polar surface area (TPSA) is 55.4 Å². The number of ether oxygens (including phenoxy) is 1. The average molecular weight is 349 g/mol. The molecule has 0 radical (unpaired) electrons. The second kappa shape index (κ2) is 6.61. The van der Waals surface area contributed by atoms with Crippen molar-refractivity contribution >= 4 is 64.0 Å². The molecular weight excluding hydrogens is 343 g/mol. The molecule has 0 aliphatic heterocycles. The van der Waals surface area contributed by atoms with Gasteiger partial charge in [0.2, 0.25) is 5.91 Å². The van der Waals surface area contributed by atoms with E-state index < -0.39 is 21.5 Å². The molecule has 1 N–H and O–H groups in total. The highest BCUT2D eigenvalue weighted by atomic mass is 35.6. The number of halogens is 5. The highest BCUT2D eigenvalue weighted by Crippen LogP contribution is 2.32. The molecule has 0 heterocycles. The number of carbonyl (C=O) groups is 2. The number of esters is 1. The van der Waals surface area contributed by atoms with Gasteiger partial charge < -0.3 is 10.1 Å². The highest BCUT2D eigenvalue weighted by molar-refractivity contribution is 6.75. The third-order valence-corrected chi connectivity index (χ3v) is 2.48. The SMILES string of the molecule is O=C(CCl)Nc1ccc(F)cc1OC(=O)C(Cl)(Cl)Cl.